The molecule has 0 radical (unpaired) electrons. The number of hydrogen-bond donors (Lipinski definition) is 0. The standard InChI is InChI=1S/C12H16O2.3C2H6/c1-10(9-12(13)14-2)8-11-6-4-3-5-7-11;3*1-2/h3-7,10H,8-9H2,1-2H3;3*1-2H3. The predicted molar refractivity (Wildman–Crippen MR) is 90.0 cm³/mol. The number of ether oxygens (including phenoxy) is 1. The first-order valence-corrected chi connectivity index (χ1v) is 7.83. The number of carbonyl (C=O) groups is 1. The number of rotatable bonds is 4. The summed E-state index contributed by atoms with van der Waals surface area (Å²) in [7, 11) is 1.43. The van der Waals surface area contributed by atoms with Crippen LogP contribution in [-0.2, 0) is 16.0 Å². The van der Waals surface area contributed by atoms with Gasteiger partial charge in [-0.15, -0.1) is 0 Å². The summed E-state index contributed by atoms with van der Waals surface area (Å²) in [5.74, 6) is 0.207. The third kappa shape index (κ3) is 14.7. The van der Waals surface area contributed by atoms with Crippen LogP contribution in [0.15, 0.2) is 30.3 Å². The van der Waals surface area contributed by atoms with Crippen LogP contribution >= 0.6 is 0 Å². The van der Waals surface area contributed by atoms with Crippen molar-refractivity contribution in [2.24, 2.45) is 5.92 Å². The lowest BCUT2D eigenvalue weighted by Gasteiger charge is -2.09. The van der Waals surface area contributed by atoms with Crippen LogP contribution in [0.4, 0.5) is 0 Å². The molecule has 0 aromatic heterocycles. The molecule has 2 nitrogen and oxygen atoms in total. The quantitative estimate of drug-likeness (QED) is 0.681. The van der Waals surface area contributed by atoms with E-state index in [1.165, 1.54) is 12.7 Å². The van der Waals surface area contributed by atoms with Crippen LogP contribution in [0.3, 0.4) is 0 Å². The minimum absolute atomic E-state index is 0.131. The second-order valence-electron chi connectivity index (χ2n) is 3.58. The number of hydrogen-bond acceptors (Lipinski definition) is 2. The molecule has 1 aromatic rings. The number of esters is 1. The summed E-state index contributed by atoms with van der Waals surface area (Å²) in [6, 6.07) is 10.2. The summed E-state index contributed by atoms with van der Waals surface area (Å²) in [6.07, 6.45) is 1.42. The van der Waals surface area contributed by atoms with Gasteiger partial charge < -0.3 is 4.74 Å². The van der Waals surface area contributed by atoms with E-state index < -0.39 is 0 Å². The fourth-order valence-electron chi connectivity index (χ4n) is 1.46. The molecule has 118 valence electrons. The zero-order chi connectivity index (χ0) is 16.4. The molecule has 1 atom stereocenters. The highest BCUT2D eigenvalue weighted by Gasteiger charge is 2.09. The minimum Gasteiger partial charge on any atom is -0.469 e. The molecular formula is C18H34O2. The van der Waals surface area contributed by atoms with E-state index in [1.54, 1.807) is 0 Å². The van der Waals surface area contributed by atoms with Crippen molar-refractivity contribution in [2.75, 3.05) is 7.11 Å². The highest BCUT2D eigenvalue weighted by atomic mass is 16.5. The van der Waals surface area contributed by atoms with Gasteiger partial charge in [0.2, 0.25) is 0 Å². The van der Waals surface area contributed by atoms with Gasteiger partial charge in [0.25, 0.3) is 0 Å². The Morgan fingerprint density at radius 1 is 1.00 bits per heavy atom. The zero-order valence-electron chi connectivity index (χ0n) is 14.7. The van der Waals surface area contributed by atoms with Crippen LogP contribution in [0.2, 0.25) is 0 Å². The first-order valence-electron chi connectivity index (χ1n) is 7.83. The van der Waals surface area contributed by atoms with E-state index in [-0.39, 0.29) is 5.97 Å². The molecule has 20 heavy (non-hydrogen) atoms. The Morgan fingerprint density at radius 3 is 1.85 bits per heavy atom. The van der Waals surface area contributed by atoms with Gasteiger partial charge in [0.15, 0.2) is 0 Å². The molecule has 0 bridgehead atoms. The van der Waals surface area contributed by atoms with Crippen LogP contribution < -0.4 is 0 Å². The first-order chi connectivity index (χ1) is 9.72. The van der Waals surface area contributed by atoms with Crippen LogP contribution in [0.5, 0.6) is 0 Å². The second kappa shape index (κ2) is 20.0. The Bertz CT molecular complexity index is 281. The maximum absolute atomic E-state index is 11.0. The summed E-state index contributed by atoms with van der Waals surface area (Å²) >= 11 is 0. The van der Waals surface area contributed by atoms with Gasteiger partial charge in [-0.1, -0.05) is 78.8 Å². The van der Waals surface area contributed by atoms with Gasteiger partial charge in [0, 0.05) is 6.42 Å². The topological polar surface area (TPSA) is 26.3 Å². The van der Waals surface area contributed by atoms with Crippen molar-refractivity contribution in [2.45, 2.75) is 61.3 Å². The lowest BCUT2D eigenvalue weighted by atomic mass is 9.98. The zero-order valence-corrected chi connectivity index (χ0v) is 14.7. The lowest BCUT2D eigenvalue weighted by molar-refractivity contribution is -0.141. The highest BCUT2D eigenvalue weighted by molar-refractivity contribution is 5.69. The van der Waals surface area contributed by atoms with Crippen LogP contribution in [0, 0.1) is 5.92 Å². The highest BCUT2D eigenvalue weighted by Crippen LogP contribution is 2.11. The van der Waals surface area contributed by atoms with E-state index in [9.17, 15) is 4.79 Å². The van der Waals surface area contributed by atoms with Gasteiger partial charge in [0.1, 0.15) is 0 Å². The second-order valence-corrected chi connectivity index (χ2v) is 3.58. The third-order valence-electron chi connectivity index (χ3n) is 2.17. The molecule has 0 saturated heterocycles. The van der Waals surface area contributed by atoms with Gasteiger partial charge in [-0.05, 0) is 17.9 Å². The fourth-order valence-corrected chi connectivity index (χ4v) is 1.46. The summed E-state index contributed by atoms with van der Waals surface area (Å²) < 4.78 is 4.62. The van der Waals surface area contributed by atoms with E-state index in [4.69, 9.17) is 0 Å². The lowest BCUT2D eigenvalue weighted by Crippen LogP contribution is -2.09. The molecule has 0 aliphatic heterocycles. The van der Waals surface area contributed by atoms with Gasteiger partial charge in [0.05, 0.1) is 7.11 Å². The van der Waals surface area contributed by atoms with Crippen molar-refractivity contribution < 1.29 is 9.53 Å². The Hall–Kier alpha value is -1.31. The number of methoxy groups -OCH3 is 1. The summed E-state index contributed by atoms with van der Waals surface area (Å²) in [5, 5.41) is 0. The Kier molecular flexibility index (Phi) is 23.8. The normalized spacial score (nSPS) is 9.40. The predicted octanol–water partition coefficient (Wildman–Crippen LogP) is 5.51. The molecule has 1 aromatic carbocycles. The van der Waals surface area contributed by atoms with Crippen LogP contribution in [-0.4, -0.2) is 13.1 Å². The molecule has 1 unspecified atom stereocenters. The van der Waals surface area contributed by atoms with Crippen molar-refractivity contribution in [3.05, 3.63) is 35.9 Å². The number of benzene rings is 1. The summed E-state index contributed by atoms with van der Waals surface area (Å²) in [5.41, 5.74) is 1.27. The van der Waals surface area contributed by atoms with Crippen molar-refractivity contribution in [1.82, 2.24) is 0 Å². The largest absolute Gasteiger partial charge is 0.469 e. The third-order valence-corrected chi connectivity index (χ3v) is 2.17. The molecular weight excluding hydrogens is 248 g/mol. The molecule has 1 rings (SSSR count). The maximum Gasteiger partial charge on any atom is 0.305 e. The molecule has 0 aliphatic rings. The first kappa shape index (κ1) is 23.8. The van der Waals surface area contributed by atoms with Crippen LogP contribution in [0.25, 0.3) is 0 Å². The molecule has 0 spiro atoms. The fraction of sp³-hybridized carbons (Fsp3) is 0.611. The average Bonchev–Trinajstić information content (AvgIpc) is 2.54. The van der Waals surface area contributed by atoms with E-state index >= 15 is 0 Å². The Morgan fingerprint density at radius 2 is 1.45 bits per heavy atom. The summed E-state index contributed by atoms with van der Waals surface area (Å²) in [4.78, 5) is 11.0. The molecule has 0 amide bonds. The Balaban J connectivity index is -0.000000425. The Labute approximate surface area is 126 Å². The molecule has 0 fully saturated rings. The molecule has 0 saturated carbocycles. The number of carbonyl (C=O) groups excluding carboxylic acids is 1. The minimum atomic E-state index is -0.131. The molecule has 0 aliphatic carbocycles. The van der Waals surface area contributed by atoms with Gasteiger partial charge in [-0.25, -0.2) is 0 Å². The van der Waals surface area contributed by atoms with E-state index in [0.717, 1.165) is 6.42 Å². The van der Waals surface area contributed by atoms with Crippen molar-refractivity contribution in [1.29, 1.82) is 0 Å². The van der Waals surface area contributed by atoms with E-state index in [2.05, 4.69) is 23.8 Å². The molecule has 2 heteroatoms. The molecule has 0 heterocycles. The van der Waals surface area contributed by atoms with Crippen molar-refractivity contribution in [3.63, 3.8) is 0 Å². The van der Waals surface area contributed by atoms with E-state index in [0.29, 0.717) is 12.3 Å². The SMILES string of the molecule is CC.CC.CC.COC(=O)CC(C)Cc1ccccc1. The smallest absolute Gasteiger partial charge is 0.305 e. The van der Waals surface area contributed by atoms with Crippen molar-refractivity contribution in [3.8, 4) is 0 Å². The van der Waals surface area contributed by atoms with Gasteiger partial charge in [-0.3, -0.25) is 4.79 Å². The van der Waals surface area contributed by atoms with E-state index in [1.807, 2.05) is 59.7 Å². The monoisotopic (exact) mass is 282 g/mol. The summed E-state index contributed by atoms with van der Waals surface area (Å²) in [6.45, 7) is 14.1. The average molecular weight is 282 g/mol. The maximum atomic E-state index is 11.0. The van der Waals surface area contributed by atoms with Gasteiger partial charge >= 0.3 is 5.97 Å². The van der Waals surface area contributed by atoms with Crippen molar-refractivity contribution >= 4 is 5.97 Å². The van der Waals surface area contributed by atoms with Crippen LogP contribution in [0.1, 0.15) is 60.5 Å². The molecule has 0 N–H and O–H groups in total. The van der Waals surface area contributed by atoms with Gasteiger partial charge in [-0.2, -0.15) is 0 Å².